The van der Waals surface area contributed by atoms with E-state index in [2.05, 4.69) is 35.9 Å². The lowest BCUT2D eigenvalue weighted by Crippen LogP contribution is -2.39. The van der Waals surface area contributed by atoms with Gasteiger partial charge in [-0.1, -0.05) is 13.8 Å². The van der Waals surface area contributed by atoms with Crippen LogP contribution in [-0.2, 0) is 6.42 Å². The molecule has 2 nitrogen and oxygen atoms in total. The highest BCUT2D eigenvalue weighted by Gasteiger charge is 2.34. The molecule has 4 heteroatoms. The SMILES string of the molecule is CC(C)Cc1ccnc2ccc(N3CCC(F)(F)CC3)cc12. The first kappa shape index (κ1) is 15.2. The number of rotatable bonds is 3. The second-order valence-electron chi connectivity index (χ2n) is 6.61. The summed E-state index contributed by atoms with van der Waals surface area (Å²) in [5.41, 5.74) is 3.29. The topological polar surface area (TPSA) is 16.1 Å². The van der Waals surface area contributed by atoms with Crippen LogP contribution < -0.4 is 4.90 Å². The van der Waals surface area contributed by atoms with E-state index in [1.807, 2.05) is 18.3 Å². The maximum Gasteiger partial charge on any atom is 0.251 e. The maximum absolute atomic E-state index is 13.3. The first-order valence-corrected chi connectivity index (χ1v) is 7.95. The van der Waals surface area contributed by atoms with Crippen LogP contribution in [0.1, 0.15) is 32.3 Å². The molecular weight excluding hydrogens is 282 g/mol. The molecule has 0 aliphatic carbocycles. The van der Waals surface area contributed by atoms with Crippen LogP contribution in [0.15, 0.2) is 30.5 Å². The van der Waals surface area contributed by atoms with Gasteiger partial charge in [-0.2, -0.15) is 0 Å². The molecule has 1 fully saturated rings. The van der Waals surface area contributed by atoms with Gasteiger partial charge in [0, 0.05) is 43.2 Å². The number of aromatic nitrogens is 1. The van der Waals surface area contributed by atoms with Crippen LogP contribution in [0.4, 0.5) is 14.5 Å². The molecule has 0 spiro atoms. The van der Waals surface area contributed by atoms with Crippen LogP contribution in [-0.4, -0.2) is 24.0 Å². The summed E-state index contributed by atoms with van der Waals surface area (Å²) < 4.78 is 26.6. The third-order valence-corrected chi connectivity index (χ3v) is 4.30. The number of nitrogens with zero attached hydrogens (tertiary/aromatic N) is 2. The normalized spacial score (nSPS) is 18.1. The molecule has 0 unspecified atom stereocenters. The van der Waals surface area contributed by atoms with Crippen LogP contribution in [0, 0.1) is 5.92 Å². The van der Waals surface area contributed by atoms with Crippen molar-refractivity contribution in [3.63, 3.8) is 0 Å². The summed E-state index contributed by atoms with van der Waals surface area (Å²) >= 11 is 0. The number of hydrogen-bond donors (Lipinski definition) is 0. The summed E-state index contributed by atoms with van der Waals surface area (Å²) in [5, 5.41) is 1.14. The summed E-state index contributed by atoms with van der Waals surface area (Å²) in [5.74, 6) is -1.93. The van der Waals surface area contributed by atoms with Gasteiger partial charge in [0.1, 0.15) is 0 Å². The van der Waals surface area contributed by atoms with E-state index in [-0.39, 0.29) is 12.8 Å². The van der Waals surface area contributed by atoms with E-state index < -0.39 is 5.92 Å². The summed E-state index contributed by atoms with van der Waals surface area (Å²) in [6.07, 6.45) is 2.73. The van der Waals surface area contributed by atoms with E-state index in [1.54, 1.807) is 0 Å². The quantitative estimate of drug-likeness (QED) is 0.819. The number of fused-ring (bicyclic) bond motifs is 1. The van der Waals surface area contributed by atoms with E-state index in [1.165, 1.54) is 5.56 Å². The van der Waals surface area contributed by atoms with E-state index in [0.29, 0.717) is 19.0 Å². The zero-order valence-corrected chi connectivity index (χ0v) is 13.1. The first-order chi connectivity index (χ1) is 10.4. The van der Waals surface area contributed by atoms with Crippen LogP contribution in [0.3, 0.4) is 0 Å². The summed E-state index contributed by atoms with van der Waals surface area (Å²) in [6.45, 7) is 5.22. The second kappa shape index (κ2) is 5.82. The number of anilines is 1. The fourth-order valence-electron chi connectivity index (χ4n) is 3.10. The van der Waals surface area contributed by atoms with Gasteiger partial charge in [-0.3, -0.25) is 4.98 Å². The Labute approximate surface area is 130 Å². The molecule has 1 aliphatic heterocycles. The third-order valence-electron chi connectivity index (χ3n) is 4.30. The van der Waals surface area contributed by atoms with Crippen molar-refractivity contribution in [2.24, 2.45) is 5.92 Å². The van der Waals surface area contributed by atoms with Crippen molar-refractivity contribution in [3.05, 3.63) is 36.0 Å². The van der Waals surface area contributed by atoms with Crippen molar-refractivity contribution in [2.75, 3.05) is 18.0 Å². The third kappa shape index (κ3) is 3.21. The van der Waals surface area contributed by atoms with Crippen LogP contribution in [0.5, 0.6) is 0 Å². The smallest absolute Gasteiger partial charge is 0.251 e. The van der Waals surface area contributed by atoms with Crippen LogP contribution in [0.2, 0.25) is 0 Å². The van der Waals surface area contributed by atoms with Crippen molar-refractivity contribution in [1.82, 2.24) is 4.98 Å². The Bertz CT molecular complexity index is 657. The average Bonchev–Trinajstić information content (AvgIpc) is 2.47. The minimum Gasteiger partial charge on any atom is -0.371 e. The van der Waals surface area contributed by atoms with Gasteiger partial charge in [0.15, 0.2) is 0 Å². The van der Waals surface area contributed by atoms with Gasteiger partial charge in [0.05, 0.1) is 5.52 Å². The minimum atomic E-state index is -2.50. The molecule has 0 N–H and O–H groups in total. The molecule has 0 atom stereocenters. The molecule has 22 heavy (non-hydrogen) atoms. The molecule has 2 aromatic rings. The first-order valence-electron chi connectivity index (χ1n) is 7.95. The van der Waals surface area contributed by atoms with Gasteiger partial charge in [-0.05, 0) is 42.2 Å². The number of alkyl halides is 2. The van der Waals surface area contributed by atoms with Gasteiger partial charge in [-0.25, -0.2) is 8.78 Å². The zero-order chi connectivity index (χ0) is 15.7. The Morgan fingerprint density at radius 2 is 1.91 bits per heavy atom. The number of pyridine rings is 1. The summed E-state index contributed by atoms with van der Waals surface area (Å²) in [6, 6.07) is 8.18. The molecule has 0 amide bonds. The van der Waals surface area contributed by atoms with Crippen molar-refractivity contribution in [2.45, 2.75) is 39.0 Å². The molecule has 0 radical (unpaired) electrons. The lowest BCUT2D eigenvalue weighted by molar-refractivity contribution is -0.0220. The Morgan fingerprint density at radius 1 is 1.18 bits per heavy atom. The Balaban J connectivity index is 1.92. The standard InChI is InChI=1S/C18H22F2N2/c1-13(2)11-14-5-8-21-17-4-3-15(12-16(14)17)22-9-6-18(19,20)7-10-22/h3-5,8,12-13H,6-7,9-11H2,1-2H3. The number of piperidine rings is 1. The van der Waals surface area contributed by atoms with E-state index in [0.717, 1.165) is 23.0 Å². The number of halogens is 2. The lowest BCUT2D eigenvalue weighted by Gasteiger charge is -2.33. The molecule has 3 rings (SSSR count). The predicted molar refractivity (Wildman–Crippen MR) is 86.7 cm³/mol. The van der Waals surface area contributed by atoms with Crippen molar-refractivity contribution in [3.8, 4) is 0 Å². The summed E-state index contributed by atoms with van der Waals surface area (Å²) in [7, 11) is 0. The Kier molecular flexibility index (Phi) is 4.02. The molecular formula is C18H22F2N2. The van der Waals surface area contributed by atoms with Crippen molar-refractivity contribution >= 4 is 16.6 Å². The van der Waals surface area contributed by atoms with Crippen molar-refractivity contribution in [1.29, 1.82) is 0 Å². The van der Waals surface area contributed by atoms with E-state index in [9.17, 15) is 8.78 Å². The highest BCUT2D eigenvalue weighted by Crippen LogP contribution is 2.32. The molecule has 1 aromatic carbocycles. The number of benzene rings is 1. The predicted octanol–water partition coefficient (Wildman–Crippen LogP) is 4.67. The molecule has 118 valence electrons. The summed E-state index contributed by atoms with van der Waals surface area (Å²) in [4.78, 5) is 6.48. The average molecular weight is 304 g/mol. The van der Waals surface area contributed by atoms with Gasteiger partial charge < -0.3 is 4.90 Å². The number of hydrogen-bond acceptors (Lipinski definition) is 2. The Hall–Kier alpha value is -1.71. The lowest BCUT2D eigenvalue weighted by atomic mass is 9.98. The molecule has 2 heterocycles. The highest BCUT2D eigenvalue weighted by atomic mass is 19.3. The van der Waals surface area contributed by atoms with Gasteiger partial charge in [-0.15, -0.1) is 0 Å². The Morgan fingerprint density at radius 3 is 2.59 bits per heavy atom. The fraction of sp³-hybridized carbons (Fsp3) is 0.500. The van der Waals surface area contributed by atoms with Crippen LogP contribution in [0.25, 0.3) is 10.9 Å². The van der Waals surface area contributed by atoms with E-state index in [4.69, 9.17) is 0 Å². The van der Waals surface area contributed by atoms with Crippen molar-refractivity contribution < 1.29 is 8.78 Å². The molecule has 1 aliphatic rings. The molecule has 0 saturated carbocycles. The minimum absolute atomic E-state index is 0.0586. The van der Waals surface area contributed by atoms with Gasteiger partial charge >= 0.3 is 0 Å². The monoisotopic (exact) mass is 304 g/mol. The molecule has 0 bridgehead atoms. The maximum atomic E-state index is 13.3. The van der Waals surface area contributed by atoms with Crippen LogP contribution >= 0.6 is 0 Å². The fourth-order valence-corrected chi connectivity index (χ4v) is 3.10. The zero-order valence-electron chi connectivity index (χ0n) is 13.1. The van der Waals surface area contributed by atoms with E-state index >= 15 is 0 Å². The van der Waals surface area contributed by atoms with Gasteiger partial charge in [0.25, 0.3) is 5.92 Å². The largest absolute Gasteiger partial charge is 0.371 e. The van der Waals surface area contributed by atoms with Gasteiger partial charge in [0.2, 0.25) is 0 Å². The highest BCUT2D eigenvalue weighted by molar-refractivity contribution is 5.85. The molecule has 1 aromatic heterocycles. The second-order valence-corrected chi connectivity index (χ2v) is 6.61. The molecule has 1 saturated heterocycles.